The summed E-state index contributed by atoms with van der Waals surface area (Å²) < 4.78 is 23.3. The number of amides is 3. The number of fused-ring (bicyclic) bond motifs is 1. The largest absolute Gasteiger partial charge is 0.323 e. The molecule has 12 heteroatoms. The smallest absolute Gasteiger partial charge is 0.257 e. The Morgan fingerprint density at radius 3 is 2.52 bits per heavy atom. The lowest BCUT2D eigenvalue weighted by Crippen LogP contribution is -2.46. The van der Waals surface area contributed by atoms with Gasteiger partial charge in [0.1, 0.15) is 11.9 Å². The molecular weight excluding hydrogens is 578 g/mol. The lowest BCUT2D eigenvalue weighted by atomic mass is 10.0. The van der Waals surface area contributed by atoms with Gasteiger partial charge in [-0.1, -0.05) is 29.8 Å². The number of pyridine rings is 2. The van der Waals surface area contributed by atoms with Gasteiger partial charge in [0.15, 0.2) is 9.84 Å². The summed E-state index contributed by atoms with van der Waals surface area (Å²) in [5, 5.41) is 5.90. The Bertz CT molecular complexity index is 1800. The molecule has 2 N–H and O–H groups in total. The zero-order chi connectivity index (χ0) is 30.0. The van der Waals surface area contributed by atoms with Crippen molar-refractivity contribution in [1.82, 2.24) is 14.9 Å². The molecule has 214 valence electrons. The van der Waals surface area contributed by atoms with E-state index in [-0.39, 0.29) is 35.5 Å². The Kier molecular flexibility index (Phi) is 8.06. The summed E-state index contributed by atoms with van der Waals surface area (Å²) in [6.45, 7) is 1.86. The number of aryl methyl sites for hydroxylation is 1. The van der Waals surface area contributed by atoms with Gasteiger partial charge in [0.05, 0.1) is 16.1 Å². The average Bonchev–Trinajstić information content (AvgIpc) is 3.03. The molecule has 0 saturated carbocycles. The topological polar surface area (TPSA) is 138 Å². The van der Waals surface area contributed by atoms with Crippen LogP contribution in [0, 0.1) is 6.92 Å². The monoisotopic (exact) mass is 603 g/mol. The third-order valence-corrected chi connectivity index (χ3v) is 8.17. The normalized spacial score (nSPS) is 15.0. The number of nitrogens with one attached hydrogen (secondary N) is 2. The van der Waals surface area contributed by atoms with Crippen LogP contribution in [0.2, 0.25) is 5.02 Å². The number of benzene rings is 2. The Labute approximate surface area is 247 Å². The second-order valence-corrected chi connectivity index (χ2v) is 12.4. The summed E-state index contributed by atoms with van der Waals surface area (Å²) in [7, 11) is -3.41. The minimum atomic E-state index is -3.41. The predicted molar refractivity (Wildman–Crippen MR) is 158 cm³/mol. The average molecular weight is 604 g/mol. The van der Waals surface area contributed by atoms with Gasteiger partial charge in [-0.2, -0.15) is 0 Å². The molecule has 0 radical (unpaired) electrons. The minimum absolute atomic E-state index is 0.0462. The number of carbonyl (C=O) groups is 3. The number of hydrogen-bond acceptors (Lipinski definition) is 7. The molecule has 0 unspecified atom stereocenters. The van der Waals surface area contributed by atoms with Crippen LogP contribution in [0.1, 0.15) is 37.5 Å². The van der Waals surface area contributed by atoms with Crippen molar-refractivity contribution in [3.63, 3.8) is 0 Å². The van der Waals surface area contributed by atoms with Crippen molar-refractivity contribution < 1.29 is 22.8 Å². The molecular formula is C30H26ClN5O5S. The van der Waals surface area contributed by atoms with Crippen LogP contribution in [0.25, 0.3) is 0 Å². The van der Waals surface area contributed by atoms with E-state index in [2.05, 4.69) is 20.6 Å². The van der Waals surface area contributed by atoms with E-state index in [0.717, 1.165) is 6.26 Å². The molecule has 2 aromatic carbocycles. The van der Waals surface area contributed by atoms with Gasteiger partial charge in [-0.15, -0.1) is 0 Å². The predicted octanol–water partition coefficient (Wildman–Crippen LogP) is 4.30. The quantitative estimate of drug-likeness (QED) is 0.321. The summed E-state index contributed by atoms with van der Waals surface area (Å²) >= 11 is 6.14. The number of carbonyl (C=O) groups excluding carboxylic acids is 3. The van der Waals surface area contributed by atoms with Crippen molar-refractivity contribution >= 4 is 50.7 Å². The zero-order valence-electron chi connectivity index (χ0n) is 22.7. The van der Waals surface area contributed by atoms with E-state index >= 15 is 0 Å². The maximum Gasteiger partial charge on any atom is 0.257 e. The van der Waals surface area contributed by atoms with Gasteiger partial charge in [-0.3, -0.25) is 19.4 Å². The summed E-state index contributed by atoms with van der Waals surface area (Å²) in [6, 6.07) is 17.2. The first-order chi connectivity index (χ1) is 20.0. The van der Waals surface area contributed by atoms with Gasteiger partial charge in [-0.25, -0.2) is 13.4 Å². The minimum Gasteiger partial charge on any atom is -0.323 e. The molecule has 3 heterocycles. The molecule has 4 aromatic rings. The number of anilines is 2. The van der Waals surface area contributed by atoms with Crippen LogP contribution >= 0.6 is 11.6 Å². The van der Waals surface area contributed by atoms with E-state index in [4.69, 9.17) is 11.6 Å². The van der Waals surface area contributed by atoms with Gasteiger partial charge in [0, 0.05) is 47.9 Å². The summed E-state index contributed by atoms with van der Waals surface area (Å²) in [5.41, 5.74) is 3.03. The maximum atomic E-state index is 13.8. The van der Waals surface area contributed by atoms with Crippen LogP contribution in [0.15, 0.2) is 84.0 Å². The Morgan fingerprint density at radius 1 is 1.05 bits per heavy atom. The molecule has 5 rings (SSSR count). The summed E-state index contributed by atoms with van der Waals surface area (Å²) in [6.07, 6.45) is 4.09. The Morgan fingerprint density at radius 2 is 1.86 bits per heavy atom. The molecule has 1 aliphatic heterocycles. The van der Waals surface area contributed by atoms with Crippen molar-refractivity contribution in [2.45, 2.75) is 30.8 Å². The third kappa shape index (κ3) is 6.32. The number of rotatable bonds is 7. The first-order valence-electron chi connectivity index (χ1n) is 12.9. The van der Waals surface area contributed by atoms with Crippen LogP contribution in [0.5, 0.6) is 0 Å². The lowest BCUT2D eigenvalue weighted by molar-refractivity contribution is -0.120. The van der Waals surface area contributed by atoms with Crippen molar-refractivity contribution in [2.75, 3.05) is 16.9 Å². The van der Waals surface area contributed by atoms with E-state index in [1.165, 1.54) is 23.2 Å². The van der Waals surface area contributed by atoms with Crippen LogP contribution in [0.4, 0.5) is 11.5 Å². The molecule has 0 fully saturated rings. The van der Waals surface area contributed by atoms with Crippen molar-refractivity contribution in [3.8, 4) is 0 Å². The van der Waals surface area contributed by atoms with Crippen LogP contribution in [0.3, 0.4) is 0 Å². The second kappa shape index (κ2) is 11.7. The molecule has 0 aliphatic carbocycles. The summed E-state index contributed by atoms with van der Waals surface area (Å²) in [5.74, 6) is -0.933. The molecule has 0 bridgehead atoms. The Hall–Kier alpha value is -4.61. The fourth-order valence-electron chi connectivity index (χ4n) is 4.69. The van der Waals surface area contributed by atoms with Crippen LogP contribution in [-0.4, -0.2) is 53.3 Å². The number of hydrogen-bond donors (Lipinski definition) is 2. The molecule has 10 nitrogen and oxygen atoms in total. The van der Waals surface area contributed by atoms with E-state index in [1.807, 2.05) is 6.07 Å². The van der Waals surface area contributed by atoms with Gasteiger partial charge in [0.2, 0.25) is 5.91 Å². The summed E-state index contributed by atoms with van der Waals surface area (Å²) in [4.78, 5) is 50.1. The number of sulfone groups is 1. The maximum absolute atomic E-state index is 13.8. The van der Waals surface area contributed by atoms with Crippen LogP contribution < -0.4 is 10.6 Å². The van der Waals surface area contributed by atoms with Gasteiger partial charge in [0.25, 0.3) is 11.8 Å². The number of aromatic nitrogens is 2. The van der Waals surface area contributed by atoms with Crippen molar-refractivity contribution in [1.29, 1.82) is 0 Å². The fourth-order valence-corrected chi connectivity index (χ4v) is 5.43. The lowest BCUT2D eigenvalue weighted by Gasteiger charge is -2.29. The van der Waals surface area contributed by atoms with Crippen molar-refractivity contribution in [3.05, 3.63) is 112 Å². The molecule has 1 aliphatic rings. The standard InChI is InChI=1S/C30H26ClN5O5S/c1-18-13-19(6-9-23(18)28(37)35-27-11-8-22(16-33-27)42(2,40)41)17-36-26(15-21-5-3-4-12-32-21)29(38)34-25-14-20(31)7-10-24(25)30(36)39/h3-14,16,26H,15,17H2,1-2H3,(H,34,38)(H,33,35,37)/t26-/m1/s1. The highest BCUT2D eigenvalue weighted by atomic mass is 35.5. The van der Waals surface area contributed by atoms with Crippen LogP contribution in [-0.2, 0) is 27.6 Å². The molecule has 2 aromatic heterocycles. The molecule has 42 heavy (non-hydrogen) atoms. The first kappa shape index (κ1) is 28.9. The van der Waals surface area contributed by atoms with Gasteiger partial charge in [-0.05, 0) is 66.6 Å². The Balaban J connectivity index is 1.41. The van der Waals surface area contributed by atoms with E-state index < -0.39 is 21.8 Å². The molecule has 3 amide bonds. The molecule has 1 atom stereocenters. The first-order valence-corrected chi connectivity index (χ1v) is 15.1. The molecule has 0 saturated heterocycles. The highest BCUT2D eigenvalue weighted by molar-refractivity contribution is 7.90. The second-order valence-electron chi connectivity index (χ2n) is 9.91. The highest BCUT2D eigenvalue weighted by Gasteiger charge is 2.36. The SMILES string of the molecule is Cc1cc(CN2C(=O)c3ccc(Cl)cc3NC(=O)[C@H]2Cc2ccccn2)ccc1C(=O)Nc1ccc(S(C)(=O)=O)cn1. The van der Waals surface area contributed by atoms with E-state index in [0.29, 0.717) is 38.7 Å². The van der Waals surface area contributed by atoms with Gasteiger partial charge < -0.3 is 15.5 Å². The van der Waals surface area contributed by atoms with E-state index in [9.17, 15) is 22.8 Å². The highest BCUT2D eigenvalue weighted by Crippen LogP contribution is 2.29. The van der Waals surface area contributed by atoms with Gasteiger partial charge >= 0.3 is 0 Å². The van der Waals surface area contributed by atoms with Crippen molar-refractivity contribution in [2.24, 2.45) is 0 Å². The number of halogens is 1. The third-order valence-electron chi connectivity index (χ3n) is 6.83. The zero-order valence-corrected chi connectivity index (χ0v) is 24.2. The van der Waals surface area contributed by atoms with E-state index in [1.54, 1.807) is 61.7 Å². The fraction of sp³-hybridized carbons (Fsp3) is 0.167. The molecule has 0 spiro atoms. The number of nitrogens with zero attached hydrogens (tertiary/aromatic N) is 3.